The van der Waals surface area contributed by atoms with Crippen LogP contribution in [0.3, 0.4) is 0 Å². The quantitative estimate of drug-likeness (QED) is 0.361. The van der Waals surface area contributed by atoms with Crippen LogP contribution >= 0.6 is 0 Å². The van der Waals surface area contributed by atoms with Gasteiger partial charge in [0.05, 0.1) is 6.34 Å². The molecule has 0 aromatic carbocycles. The molecule has 6 heteroatoms. The van der Waals surface area contributed by atoms with Gasteiger partial charge in [-0.15, -0.1) is 0 Å². The molecule has 6 nitrogen and oxygen atoms in total. The number of amides is 2. The van der Waals surface area contributed by atoms with Crippen LogP contribution in [-0.4, -0.2) is 30.2 Å². The predicted molar refractivity (Wildman–Crippen MR) is 35.5 cm³/mol. The van der Waals surface area contributed by atoms with Crippen LogP contribution in [0.25, 0.3) is 0 Å². The molecular weight excluding hydrogens is 148 g/mol. The number of hydrogen-bond donors (Lipinski definition) is 3. The third kappa shape index (κ3) is 0.754. The number of hydrogen-bond acceptors (Lipinski definition) is 4. The highest BCUT2D eigenvalue weighted by molar-refractivity contribution is 6.00. The number of aliphatic imine (C=N–C) groups is 1. The van der Waals surface area contributed by atoms with Gasteiger partial charge in [0.2, 0.25) is 0 Å². The van der Waals surface area contributed by atoms with E-state index in [0.717, 1.165) is 0 Å². The Kier molecular flexibility index (Phi) is 1.09. The molecule has 2 heterocycles. The van der Waals surface area contributed by atoms with Crippen molar-refractivity contribution >= 4 is 18.2 Å². The van der Waals surface area contributed by atoms with Crippen LogP contribution in [0.15, 0.2) is 4.99 Å². The van der Waals surface area contributed by atoms with Crippen molar-refractivity contribution < 1.29 is 9.59 Å². The highest BCUT2D eigenvalue weighted by atomic mass is 16.2. The number of nitrogens with one attached hydrogen (secondary N) is 3. The van der Waals surface area contributed by atoms with Gasteiger partial charge in [-0.1, -0.05) is 0 Å². The van der Waals surface area contributed by atoms with Crippen LogP contribution in [0, 0.1) is 0 Å². The molecule has 11 heavy (non-hydrogen) atoms. The molecule has 0 aromatic rings. The first kappa shape index (κ1) is 6.14. The standard InChI is InChI=1S/C5H6N4O2/c10-4-2-3(7-1-6-2)5(11)9-8-4/h1-3H,(H,6,7)(H,8,10)(H,9,11). The number of carbonyl (C=O) groups excluding carboxylic acids is 2. The van der Waals surface area contributed by atoms with Crippen molar-refractivity contribution in [3.8, 4) is 0 Å². The van der Waals surface area contributed by atoms with Crippen LogP contribution in [0.1, 0.15) is 0 Å². The van der Waals surface area contributed by atoms with Gasteiger partial charge < -0.3 is 5.32 Å². The second-order valence-electron chi connectivity index (χ2n) is 2.35. The van der Waals surface area contributed by atoms with E-state index in [1.165, 1.54) is 6.34 Å². The Hall–Kier alpha value is -1.59. The molecule has 1 saturated heterocycles. The molecule has 0 spiro atoms. The highest BCUT2D eigenvalue weighted by Crippen LogP contribution is 2.06. The van der Waals surface area contributed by atoms with Crippen LogP contribution < -0.4 is 16.2 Å². The van der Waals surface area contributed by atoms with Crippen LogP contribution in [0.4, 0.5) is 0 Å². The molecule has 1 fully saturated rings. The van der Waals surface area contributed by atoms with Crippen LogP contribution in [-0.2, 0) is 9.59 Å². The lowest BCUT2D eigenvalue weighted by atomic mass is 10.1. The smallest absolute Gasteiger partial charge is 0.265 e. The maximum absolute atomic E-state index is 11.0. The predicted octanol–water partition coefficient (Wildman–Crippen LogP) is -2.48. The largest absolute Gasteiger partial charge is 0.363 e. The summed E-state index contributed by atoms with van der Waals surface area (Å²) < 4.78 is 0. The van der Waals surface area contributed by atoms with Gasteiger partial charge >= 0.3 is 0 Å². The first-order valence-electron chi connectivity index (χ1n) is 3.16. The summed E-state index contributed by atoms with van der Waals surface area (Å²) in [6.45, 7) is 0. The van der Waals surface area contributed by atoms with Crippen molar-refractivity contribution in [3.05, 3.63) is 0 Å². The van der Waals surface area contributed by atoms with Crippen molar-refractivity contribution in [2.75, 3.05) is 0 Å². The summed E-state index contributed by atoms with van der Waals surface area (Å²) in [5.74, 6) is -0.539. The Bertz CT molecular complexity index is 249. The third-order valence-corrected chi connectivity index (χ3v) is 1.66. The van der Waals surface area contributed by atoms with Gasteiger partial charge in [-0.3, -0.25) is 25.4 Å². The summed E-state index contributed by atoms with van der Waals surface area (Å²) in [6.07, 6.45) is 1.37. The molecule has 2 amide bonds. The zero-order chi connectivity index (χ0) is 7.84. The van der Waals surface area contributed by atoms with Crippen molar-refractivity contribution in [2.24, 2.45) is 4.99 Å². The molecule has 3 N–H and O–H groups in total. The Morgan fingerprint density at radius 2 is 2.00 bits per heavy atom. The Balaban J connectivity index is 2.25. The topological polar surface area (TPSA) is 82.6 Å². The normalized spacial score (nSPS) is 33.8. The Morgan fingerprint density at radius 3 is 2.73 bits per heavy atom. The highest BCUT2D eigenvalue weighted by Gasteiger charge is 2.39. The SMILES string of the molecule is O=C1NNC(=O)C2NC=NC12. The van der Waals surface area contributed by atoms with Crippen molar-refractivity contribution in [3.63, 3.8) is 0 Å². The van der Waals surface area contributed by atoms with E-state index in [0.29, 0.717) is 0 Å². The summed E-state index contributed by atoms with van der Waals surface area (Å²) in [5.41, 5.74) is 4.43. The van der Waals surface area contributed by atoms with E-state index >= 15 is 0 Å². The number of fused-ring (bicyclic) bond motifs is 1. The molecule has 2 atom stereocenters. The second kappa shape index (κ2) is 1.94. The molecule has 2 rings (SSSR count). The molecule has 0 radical (unpaired) electrons. The van der Waals surface area contributed by atoms with Gasteiger partial charge in [0.15, 0.2) is 6.04 Å². The number of nitrogens with zero attached hydrogens (tertiary/aromatic N) is 1. The van der Waals surface area contributed by atoms with Crippen molar-refractivity contribution in [1.82, 2.24) is 16.2 Å². The number of rotatable bonds is 0. The molecule has 0 bridgehead atoms. The zero-order valence-electron chi connectivity index (χ0n) is 5.50. The second-order valence-corrected chi connectivity index (χ2v) is 2.35. The fraction of sp³-hybridized carbons (Fsp3) is 0.400. The summed E-state index contributed by atoms with van der Waals surface area (Å²) in [7, 11) is 0. The lowest BCUT2D eigenvalue weighted by Crippen LogP contribution is -2.62. The number of carbonyl (C=O) groups is 2. The molecule has 2 aliphatic rings. The van der Waals surface area contributed by atoms with E-state index in [4.69, 9.17) is 0 Å². The lowest BCUT2D eigenvalue weighted by Gasteiger charge is -2.22. The van der Waals surface area contributed by atoms with Gasteiger partial charge in [0.1, 0.15) is 6.04 Å². The Labute approximate surface area is 62.0 Å². The summed E-state index contributed by atoms with van der Waals surface area (Å²) in [6, 6.07) is -1.12. The maximum Gasteiger partial charge on any atom is 0.265 e. The lowest BCUT2D eigenvalue weighted by molar-refractivity contribution is -0.136. The fourth-order valence-electron chi connectivity index (χ4n) is 1.09. The van der Waals surface area contributed by atoms with E-state index in [1.54, 1.807) is 0 Å². The van der Waals surface area contributed by atoms with E-state index in [2.05, 4.69) is 21.2 Å². The van der Waals surface area contributed by atoms with Gasteiger partial charge in [-0.25, -0.2) is 0 Å². The van der Waals surface area contributed by atoms with Crippen molar-refractivity contribution in [1.29, 1.82) is 0 Å². The summed E-state index contributed by atoms with van der Waals surface area (Å²) >= 11 is 0. The van der Waals surface area contributed by atoms with E-state index < -0.39 is 12.1 Å². The van der Waals surface area contributed by atoms with Crippen molar-refractivity contribution in [2.45, 2.75) is 12.1 Å². The van der Waals surface area contributed by atoms with Gasteiger partial charge in [-0.05, 0) is 0 Å². The minimum atomic E-state index is -0.594. The molecular formula is C5H6N4O2. The van der Waals surface area contributed by atoms with Gasteiger partial charge in [-0.2, -0.15) is 0 Å². The first-order valence-corrected chi connectivity index (χ1v) is 3.16. The van der Waals surface area contributed by atoms with Crippen LogP contribution in [0.5, 0.6) is 0 Å². The number of hydrazine groups is 1. The zero-order valence-corrected chi connectivity index (χ0v) is 5.50. The minimum absolute atomic E-state index is 0.257. The molecule has 0 aromatic heterocycles. The van der Waals surface area contributed by atoms with Gasteiger partial charge in [0.25, 0.3) is 11.8 Å². The summed E-state index contributed by atoms with van der Waals surface area (Å²) in [4.78, 5) is 25.7. The minimum Gasteiger partial charge on any atom is -0.363 e. The maximum atomic E-state index is 11.0. The van der Waals surface area contributed by atoms with E-state index in [-0.39, 0.29) is 11.8 Å². The van der Waals surface area contributed by atoms with Crippen LogP contribution in [0.2, 0.25) is 0 Å². The summed E-state index contributed by atoms with van der Waals surface area (Å²) in [5, 5.41) is 2.67. The molecule has 2 unspecified atom stereocenters. The average Bonchev–Trinajstić information content (AvgIpc) is 2.45. The van der Waals surface area contributed by atoms with Gasteiger partial charge in [0, 0.05) is 0 Å². The fourth-order valence-corrected chi connectivity index (χ4v) is 1.09. The molecule has 0 aliphatic carbocycles. The van der Waals surface area contributed by atoms with E-state index in [1.807, 2.05) is 0 Å². The molecule has 58 valence electrons. The molecule has 0 saturated carbocycles. The molecule has 2 aliphatic heterocycles. The third-order valence-electron chi connectivity index (χ3n) is 1.66. The monoisotopic (exact) mass is 154 g/mol. The van der Waals surface area contributed by atoms with E-state index in [9.17, 15) is 9.59 Å². The average molecular weight is 154 g/mol. The Morgan fingerprint density at radius 1 is 1.27 bits per heavy atom. The first-order chi connectivity index (χ1) is 5.29.